The number of fused-ring (bicyclic) bond motifs is 1. The number of pyridine rings is 1. The van der Waals surface area contributed by atoms with Gasteiger partial charge in [0, 0.05) is 22.9 Å². The Morgan fingerprint density at radius 3 is 2.80 bits per heavy atom. The van der Waals surface area contributed by atoms with Gasteiger partial charge < -0.3 is 9.47 Å². The molecule has 3 rings (SSSR count). The van der Waals surface area contributed by atoms with Crippen LogP contribution in [-0.4, -0.2) is 23.4 Å². The molecular formula is C19H22N2O3S. The summed E-state index contributed by atoms with van der Waals surface area (Å²) in [6, 6.07) is 9.74. The van der Waals surface area contributed by atoms with E-state index in [4.69, 9.17) is 9.47 Å². The van der Waals surface area contributed by atoms with Gasteiger partial charge in [-0.15, -0.1) is 11.8 Å². The van der Waals surface area contributed by atoms with E-state index in [-0.39, 0.29) is 0 Å². The SMILES string of the molecule is CC1(C)OC(=O)Nc2ccc(OCCCCSc3ccncc3)cc21. The van der Waals surface area contributed by atoms with Crippen LogP contribution in [0.3, 0.4) is 0 Å². The molecule has 0 spiro atoms. The van der Waals surface area contributed by atoms with Crippen LogP contribution in [0, 0.1) is 0 Å². The fourth-order valence-electron chi connectivity index (χ4n) is 2.66. The van der Waals surface area contributed by atoms with Crippen LogP contribution in [0.1, 0.15) is 32.3 Å². The van der Waals surface area contributed by atoms with Crippen LogP contribution < -0.4 is 10.1 Å². The molecule has 0 fully saturated rings. The van der Waals surface area contributed by atoms with Gasteiger partial charge in [0.15, 0.2) is 0 Å². The summed E-state index contributed by atoms with van der Waals surface area (Å²) in [5.74, 6) is 1.86. The van der Waals surface area contributed by atoms with E-state index in [2.05, 4.69) is 10.3 Å². The Balaban J connectivity index is 1.45. The number of nitrogens with one attached hydrogen (secondary N) is 1. The summed E-state index contributed by atoms with van der Waals surface area (Å²) < 4.78 is 11.2. The molecule has 2 heterocycles. The van der Waals surface area contributed by atoms with E-state index in [1.54, 1.807) is 0 Å². The molecule has 0 aliphatic carbocycles. The first kappa shape index (κ1) is 17.6. The number of cyclic esters (lactones) is 1. The third-order valence-corrected chi connectivity index (χ3v) is 5.05. The lowest BCUT2D eigenvalue weighted by Gasteiger charge is -2.32. The van der Waals surface area contributed by atoms with Crippen LogP contribution in [0.15, 0.2) is 47.6 Å². The number of benzene rings is 1. The Bertz CT molecular complexity index is 735. The molecule has 1 N–H and O–H groups in total. The minimum Gasteiger partial charge on any atom is -0.494 e. The summed E-state index contributed by atoms with van der Waals surface area (Å²) in [6.07, 6.45) is 5.29. The summed E-state index contributed by atoms with van der Waals surface area (Å²) >= 11 is 1.83. The van der Waals surface area contributed by atoms with Crippen LogP contribution in [0.2, 0.25) is 0 Å². The Morgan fingerprint density at radius 2 is 2.00 bits per heavy atom. The van der Waals surface area contributed by atoms with Gasteiger partial charge in [0.2, 0.25) is 0 Å². The number of thioether (sulfide) groups is 1. The standard InChI is InChI=1S/C19H22N2O3S/c1-19(2)16-13-14(5-6-17(16)21-18(22)24-19)23-11-3-4-12-25-15-7-9-20-10-8-15/h5-10,13H,3-4,11-12H2,1-2H3,(H,21,22). The van der Waals surface area contributed by atoms with Crippen LogP contribution in [-0.2, 0) is 10.3 Å². The van der Waals surface area contributed by atoms with Gasteiger partial charge in [-0.25, -0.2) is 4.79 Å². The zero-order valence-corrected chi connectivity index (χ0v) is 15.3. The Kier molecular flexibility index (Phi) is 5.48. The van der Waals surface area contributed by atoms with Gasteiger partial charge in [-0.3, -0.25) is 10.3 Å². The van der Waals surface area contributed by atoms with Gasteiger partial charge in [0.05, 0.1) is 12.3 Å². The number of carbonyl (C=O) groups excluding carboxylic acids is 1. The summed E-state index contributed by atoms with van der Waals surface area (Å²) in [7, 11) is 0. The monoisotopic (exact) mass is 358 g/mol. The highest BCUT2D eigenvalue weighted by atomic mass is 32.2. The second-order valence-electron chi connectivity index (χ2n) is 6.32. The van der Waals surface area contributed by atoms with E-state index in [1.165, 1.54) is 4.90 Å². The molecule has 1 aromatic heterocycles. The molecular weight excluding hydrogens is 336 g/mol. The molecule has 0 saturated carbocycles. The molecule has 1 aliphatic rings. The maximum absolute atomic E-state index is 11.5. The highest BCUT2D eigenvalue weighted by molar-refractivity contribution is 7.99. The Labute approximate surface area is 152 Å². The second kappa shape index (κ2) is 7.78. The number of anilines is 1. The van der Waals surface area contributed by atoms with Gasteiger partial charge >= 0.3 is 6.09 Å². The fourth-order valence-corrected chi connectivity index (χ4v) is 3.56. The van der Waals surface area contributed by atoms with E-state index in [1.807, 2.05) is 68.3 Å². The van der Waals surface area contributed by atoms with Crippen molar-refractivity contribution < 1.29 is 14.3 Å². The minimum absolute atomic E-state index is 0.419. The van der Waals surface area contributed by atoms with E-state index in [0.717, 1.165) is 35.6 Å². The third-order valence-electron chi connectivity index (χ3n) is 3.95. The van der Waals surface area contributed by atoms with Crippen LogP contribution in [0.25, 0.3) is 0 Å². The van der Waals surface area contributed by atoms with Gasteiger partial charge in [-0.05, 0) is 62.8 Å². The molecule has 1 aliphatic heterocycles. The number of ether oxygens (including phenoxy) is 2. The topological polar surface area (TPSA) is 60.5 Å². The number of rotatable bonds is 7. The predicted octanol–water partition coefficient (Wildman–Crippen LogP) is 4.83. The number of aromatic nitrogens is 1. The van der Waals surface area contributed by atoms with E-state index in [9.17, 15) is 4.79 Å². The fraction of sp³-hybridized carbons (Fsp3) is 0.368. The first-order valence-corrected chi connectivity index (χ1v) is 9.33. The van der Waals surface area contributed by atoms with E-state index >= 15 is 0 Å². The van der Waals surface area contributed by atoms with Gasteiger partial charge in [-0.2, -0.15) is 0 Å². The molecule has 1 aromatic carbocycles. The van der Waals surface area contributed by atoms with Crippen molar-refractivity contribution in [1.82, 2.24) is 4.98 Å². The average Bonchev–Trinajstić information content (AvgIpc) is 2.58. The minimum atomic E-state index is -0.655. The molecule has 25 heavy (non-hydrogen) atoms. The van der Waals surface area contributed by atoms with Crippen molar-refractivity contribution in [2.45, 2.75) is 37.2 Å². The maximum atomic E-state index is 11.5. The summed E-state index contributed by atoms with van der Waals surface area (Å²) in [5, 5.41) is 2.72. The van der Waals surface area contributed by atoms with Crippen molar-refractivity contribution in [3.8, 4) is 5.75 Å². The normalized spacial score (nSPS) is 15.0. The van der Waals surface area contributed by atoms with Crippen molar-refractivity contribution in [2.24, 2.45) is 0 Å². The largest absolute Gasteiger partial charge is 0.494 e. The lowest BCUT2D eigenvalue weighted by atomic mass is 9.94. The molecule has 0 atom stereocenters. The second-order valence-corrected chi connectivity index (χ2v) is 7.49. The molecule has 0 radical (unpaired) electrons. The van der Waals surface area contributed by atoms with Crippen LogP contribution in [0.5, 0.6) is 5.75 Å². The van der Waals surface area contributed by atoms with Crippen molar-refractivity contribution in [2.75, 3.05) is 17.7 Å². The molecule has 132 valence electrons. The third kappa shape index (κ3) is 4.66. The predicted molar refractivity (Wildman–Crippen MR) is 99.3 cm³/mol. The van der Waals surface area contributed by atoms with Gasteiger partial charge in [0.1, 0.15) is 11.4 Å². The number of nitrogens with zero attached hydrogens (tertiary/aromatic N) is 1. The molecule has 0 unspecified atom stereocenters. The average molecular weight is 358 g/mol. The summed E-state index contributed by atoms with van der Waals surface area (Å²) in [4.78, 5) is 16.8. The number of hydrogen-bond acceptors (Lipinski definition) is 5. The van der Waals surface area contributed by atoms with E-state index in [0.29, 0.717) is 6.61 Å². The molecule has 5 nitrogen and oxygen atoms in total. The first-order valence-electron chi connectivity index (χ1n) is 8.35. The highest BCUT2D eigenvalue weighted by Crippen LogP contribution is 2.37. The van der Waals surface area contributed by atoms with Gasteiger partial charge in [-0.1, -0.05) is 0 Å². The summed E-state index contributed by atoms with van der Waals surface area (Å²) in [5.41, 5.74) is 1.05. The molecule has 2 aromatic rings. The Hall–Kier alpha value is -2.21. The van der Waals surface area contributed by atoms with Crippen molar-refractivity contribution >= 4 is 23.5 Å². The zero-order valence-electron chi connectivity index (χ0n) is 14.5. The molecule has 0 saturated heterocycles. The number of hydrogen-bond donors (Lipinski definition) is 1. The van der Waals surface area contributed by atoms with Crippen LogP contribution in [0.4, 0.5) is 10.5 Å². The smallest absolute Gasteiger partial charge is 0.412 e. The van der Waals surface area contributed by atoms with Gasteiger partial charge in [0.25, 0.3) is 0 Å². The number of unbranched alkanes of at least 4 members (excludes halogenated alkanes) is 1. The maximum Gasteiger partial charge on any atom is 0.412 e. The first-order chi connectivity index (χ1) is 12.0. The lowest BCUT2D eigenvalue weighted by molar-refractivity contribution is 0.0418. The molecule has 6 heteroatoms. The van der Waals surface area contributed by atoms with Crippen LogP contribution >= 0.6 is 11.8 Å². The Morgan fingerprint density at radius 1 is 1.20 bits per heavy atom. The number of carbonyl (C=O) groups is 1. The number of amides is 1. The highest BCUT2D eigenvalue weighted by Gasteiger charge is 2.33. The molecule has 1 amide bonds. The van der Waals surface area contributed by atoms with Crippen molar-refractivity contribution in [3.05, 3.63) is 48.3 Å². The van der Waals surface area contributed by atoms with Crippen molar-refractivity contribution in [1.29, 1.82) is 0 Å². The van der Waals surface area contributed by atoms with E-state index < -0.39 is 11.7 Å². The summed E-state index contributed by atoms with van der Waals surface area (Å²) in [6.45, 7) is 4.43. The van der Waals surface area contributed by atoms with Crippen molar-refractivity contribution in [3.63, 3.8) is 0 Å². The zero-order chi connectivity index (χ0) is 17.7. The quantitative estimate of drug-likeness (QED) is 0.567. The molecule has 0 bridgehead atoms. The lowest BCUT2D eigenvalue weighted by Crippen LogP contribution is -2.34.